The first-order valence-corrected chi connectivity index (χ1v) is 12.0. The predicted molar refractivity (Wildman–Crippen MR) is 128 cm³/mol. The highest BCUT2D eigenvalue weighted by atomic mass is 32.2. The van der Waals surface area contributed by atoms with E-state index in [4.69, 9.17) is 0 Å². The van der Waals surface area contributed by atoms with Crippen LogP contribution in [0.1, 0.15) is 36.9 Å². The Morgan fingerprint density at radius 1 is 1.03 bits per heavy atom. The van der Waals surface area contributed by atoms with Crippen molar-refractivity contribution < 1.29 is 9.59 Å². The van der Waals surface area contributed by atoms with E-state index >= 15 is 0 Å². The van der Waals surface area contributed by atoms with Crippen molar-refractivity contribution in [2.75, 3.05) is 25.0 Å². The van der Waals surface area contributed by atoms with Gasteiger partial charge in [0.15, 0.2) is 0 Å². The average Bonchev–Trinajstić information content (AvgIpc) is 3.13. The molecular weight excluding hydrogens is 422 g/mol. The quantitative estimate of drug-likeness (QED) is 0.394. The van der Waals surface area contributed by atoms with Gasteiger partial charge in [0.05, 0.1) is 10.6 Å². The van der Waals surface area contributed by atoms with Crippen molar-refractivity contribution in [3.05, 3.63) is 58.8 Å². The molecule has 1 aromatic carbocycles. The van der Waals surface area contributed by atoms with E-state index < -0.39 is 0 Å². The third kappa shape index (κ3) is 6.64. The second kappa shape index (κ2) is 11.2. The molecule has 1 saturated heterocycles. The van der Waals surface area contributed by atoms with E-state index in [9.17, 15) is 9.59 Å². The van der Waals surface area contributed by atoms with Crippen molar-refractivity contribution >= 4 is 34.9 Å². The van der Waals surface area contributed by atoms with Crippen molar-refractivity contribution in [2.45, 2.75) is 32.1 Å². The second-order valence-corrected chi connectivity index (χ2v) is 9.38. The number of carbonyl (C=O) groups is 2. The van der Waals surface area contributed by atoms with Crippen LogP contribution in [0.25, 0.3) is 6.08 Å². The largest absolute Gasteiger partial charge is 0.354 e. The lowest BCUT2D eigenvalue weighted by Crippen LogP contribution is -2.29. The SMILES string of the molecule is O=C1NC(=O)C(=Cc2ccnc(NCC3CCC(CNCCc4ccccc4)CC3)n2)S1. The summed E-state index contributed by atoms with van der Waals surface area (Å²) in [6, 6.07) is 12.3. The normalized spacial score (nSPS) is 22.2. The van der Waals surface area contributed by atoms with E-state index in [2.05, 4.69) is 56.3 Å². The number of aromatic nitrogens is 2. The Kier molecular flexibility index (Phi) is 7.90. The third-order valence-corrected chi connectivity index (χ3v) is 6.79. The van der Waals surface area contributed by atoms with Gasteiger partial charge >= 0.3 is 0 Å². The summed E-state index contributed by atoms with van der Waals surface area (Å²) < 4.78 is 0. The van der Waals surface area contributed by atoms with Gasteiger partial charge in [0, 0.05) is 12.7 Å². The van der Waals surface area contributed by atoms with Crippen LogP contribution in [0.3, 0.4) is 0 Å². The van der Waals surface area contributed by atoms with E-state index in [-0.39, 0.29) is 11.1 Å². The number of amides is 2. The van der Waals surface area contributed by atoms with Gasteiger partial charge in [-0.25, -0.2) is 9.97 Å². The zero-order chi connectivity index (χ0) is 22.2. The van der Waals surface area contributed by atoms with Crippen molar-refractivity contribution in [3.8, 4) is 0 Å². The minimum atomic E-state index is -0.376. The molecule has 0 unspecified atom stereocenters. The first-order chi connectivity index (χ1) is 15.7. The Morgan fingerprint density at radius 2 is 1.78 bits per heavy atom. The minimum Gasteiger partial charge on any atom is -0.354 e. The number of benzene rings is 1. The molecule has 8 heteroatoms. The molecule has 0 atom stereocenters. The summed E-state index contributed by atoms with van der Waals surface area (Å²) in [6.45, 7) is 2.98. The van der Waals surface area contributed by atoms with Crippen LogP contribution >= 0.6 is 11.8 Å². The maximum atomic E-state index is 11.7. The Bertz CT molecular complexity index is 958. The van der Waals surface area contributed by atoms with Crippen molar-refractivity contribution in [2.24, 2.45) is 11.8 Å². The first-order valence-electron chi connectivity index (χ1n) is 11.2. The summed E-state index contributed by atoms with van der Waals surface area (Å²) in [7, 11) is 0. The molecule has 1 aromatic heterocycles. The Morgan fingerprint density at radius 3 is 2.50 bits per heavy atom. The number of nitrogens with one attached hydrogen (secondary N) is 3. The molecule has 7 nitrogen and oxygen atoms in total. The lowest BCUT2D eigenvalue weighted by atomic mass is 9.82. The van der Waals surface area contributed by atoms with Crippen LogP contribution in [0.15, 0.2) is 47.5 Å². The number of anilines is 1. The van der Waals surface area contributed by atoms with E-state index in [1.165, 1.54) is 31.2 Å². The van der Waals surface area contributed by atoms with Gasteiger partial charge < -0.3 is 10.6 Å². The topological polar surface area (TPSA) is 96.0 Å². The summed E-state index contributed by atoms with van der Waals surface area (Å²) in [5.74, 6) is 1.55. The number of rotatable bonds is 9. The van der Waals surface area contributed by atoms with Crippen molar-refractivity contribution in [1.82, 2.24) is 20.6 Å². The number of carbonyl (C=O) groups excluding carboxylic acids is 2. The molecule has 1 saturated carbocycles. The van der Waals surface area contributed by atoms with Gasteiger partial charge in [-0.05, 0) is 86.5 Å². The summed E-state index contributed by atoms with van der Waals surface area (Å²) in [6.07, 6.45) is 9.28. The van der Waals surface area contributed by atoms with Crippen LogP contribution in [0.2, 0.25) is 0 Å². The number of nitrogens with zero attached hydrogens (tertiary/aromatic N) is 2. The standard InChI is InChI=1S/C24H29N5O2S/c30-22-21(32-24(31)29-22)14-20-11-13-26-23(28-20)27-16-19-8-6-18(7-9-19)15-25-12-10-17-4-2-1-3-5-17/h1-5,11,13-14,18-19,25H,6-10,12,15-16H2,(H,26,27,28)(H,29,30,31). The highest BCUT2D eigenvalue weighted by Crippen LogP contribution is 2.29. The number of imide groups is 1. The summed E-state index contributed by atoms with van der Waals surface area (Å²) in [5, 5.41) is 8.87. The highest BCUT2D eigenvalue weighted by Gasteiger charge is 2.25. The van der Waals surface area contributed by atoms with Crippen LogP contribution in [0.5, 0.6) is 0 Å². The summed E-state index contributed by atoms with van der Waals surface area (Å²) >= 11 is 0.892. The van der Waals surface area contributed by atoms with Crippen molar-refractivity contribution in [1.29, 1.82) is 0 Å². The smallest absolute Gasteiger partial charge is 0.290 e. The second-order valence-electron chi connectivity index (χ2n) is 8.36. The molecule has 0 spiro atoms. The van der Waals surface area contributed by atoms with Crippen molar-refractivity contribution in [3.63, 3.8) is 0 Å². The predicted octanol–water partition coefficient (Wildman–Crippen LogP) is 3.85. The Labute approximate surface area is 192 Å². The van der Waals surface area contributed by atoms with Crippen LogP contribution in [0.4, 0.5) is 10.7 Å². The number of thioether (sulfide) groups is 1. The summed E-state index contributed by atoms with van der Waals surface area (Å²) in [4.78, 5) is 32.1. The van der Waals surface area contributed by atoms with Gasteiger partial charge in [0.1, 0.15) is 0 Å². The molecule has 1 aliphatic carbocycles. The van der Waals surface area contributed by atoms with Gasteiger partial charge in [-0.2, -0.15) is 0 Å². The van der Waals surface area contributed by atoms with E-state index in [1.807, 2.05) is 0 Å². The van der Waals surface area contributed by atoms with Crippen LogP contribution in [0, 0.1) is 11.8 Å². The Hall–Kier alpha value is -2.71. The molecular formula is C24H29N5O2S. The zero-order valence-electron chi connectivity index (χ0n) is 18.0. The molecule has 2 aromatic rings. The maximum Gasteiger partial charge on any atom is 0.290 e. The fourth-order valence-corrected chi connectivity index (χ4v) is 4.82. The molecule has 2 aliphatic rings. The van der Waals surface area contributed by atoms with E-state index in [1.54, 1.807) is 18.3 Å². The molecule has 32 heavy (non-hydrogen) atoms. The van der Waals surface area contributed by atoms with E-state index in [0.717, 1.165) is 43.7 Å². The molecule has 168 valence electrons. The molecule has 2 fully saturated rings. The summed E-state index contributed by atoms with van der Waals surface area (Å²) in [5.41, 5.74) is 2.00. The first kappa shape index (κ1) is 22.5. The van der Waals surface area contributed by atoms with Crippen LogP contribution in [-0.4, -0.2) is 40.7 Å². The lowest BCUT2D eigenvalue weighted by molar-refractivity contribution is -0.115. The molecule has 2 heterocycles. The fourth-order valence-electron chi connectivity index (χ4n) is 4.15. The third-order valence-electron chi connectivity index (χ3n) is 5.98. The number of hydrogen-bond donors (Lipinski definition) is 3. The maximum absolute atomic E-state index is 11.7. The number of hydrogen-bond acceptors (Lipinski definition) is 7. The molecule has 0 radical (unpaired) electrons. The lowest BCUT2D eigenvalue weighted by Gasteiger charge is -2.28. The van der Waals surface area contributed by atoms with E-state index in [0.29, 0.717) is 22.5 Å². The minimum absolute atomic E-state index is 0.351. The van der Waals surface area contributed by atoms with Gasteiger partial charge in [0.25, 0.3) is 11.1 Å². The molecule has 1 aliphatic heterocycles. The van der Waals surface area contributed by atoms with Gasteiger partial charge in [-0.15, -0.1) is 0 Å². The molecule has 3 N–H and O–H groups in total. The van der Waals surface area contributed by atoms with Gasteiger partial charge in [0.2, 0.25) is 5.95 Å². The fraction of sp³-hybridized carbons (Fsp3) is 0.417. The zero-order valence-corrected chi connectivity index (χ0v) is 18.9. The average molecular weight is 452 g/mol. The van der Waals surface area contributed by atoms with Gasteiger partial charge in [-0.3, -0.25) is 14.9 Å². The monoisotopic (exact) mass is 451 g/mol. The molecule has 2 amide bonds. The molecule has 4 rings (SSSR count). The Balaban J connectivity index is 1.16. The van der Waals surface area contributed by atoms with Crippen LogP contribution < -0.4 is 16.0 Å². The van der Waals surface area contributed by atoms with Crippen LogP contribution in [-0.2, 0) is 11.2 Å². The van der Waals surface area contributed by atoms with Gasteiger partial charge in [-0.1, -0.05) is 30.3 Å². The molecule has 0 bridgehead atoms. The highest BCUT2D eigenvalue weighted by molar-refractivity contribution is 8.18.